The quantitative estimate of drug-likeness (QED) is 0.680. The molecular formula is C18H17NO. The first kappa shape index (κ1) is 12.5. The molecule has 0 atom stereocenters. The number of aryl methyl sites for hydroxylation is 1. The van der Waals surface area contributed by atoms with Crippen molar-refractivity contribution < 1.29 is 4.74 Å². The number of methoxy groups -OCH3 is 1. The largest absolute Gasteiger partial charge is 0.496 e. The highest BCUT2D eigenvalue weighted by Crippen LogP contribution is 2.32. The van der Waals surface area contributed by atoms with Gasteiger partial charge in [-0.3, -0.25) is 0 Å². The third-order valence-electron chi connectivity index (χ3n) is 3.47. The third kappa shape index (κ3) is 2.10. The summed E-state index contributed by atoms with van der Waals surface area (Å²) in [5.74, 6) is 0.891. The van der Waals surface area contributed by atoms with Crippen molar-refractivity contribution in [2.24, 2.45) is 0 Å². The Hall–Kier alpha value is -2.48. The maximum absolute atomic E-state index is 5.49. The van der Waals surface area contributed by atoms with E-state index in [1.54, 1.807) is 7.11 Å². The summed E-state index contributed by atoms with van der Waals surface area (Å²) in [6.07, 6.45) is 0. The molecule has 3 aromatic rings. The van der Waals surface area contributed by atoms with E-state index in [0.717, 1.165) is 22.7 Å². The molecule has 1 aromatic heterocycles. The maximum Gasteiger partial charge on any atom is 0.128 e. The van der Waals surface area contributed by atoms with E-state index in [-0.39, 0.29) is 0 Å². The predicted molar refractivity (Wildman–Crippen MR) is 82.5 cm³/mol. The maximum atomic E-state index is 5.49. The van der Waals surface area contributed by atoms with Gasteiger partial charge in [-0.15, -0.1) is 0 Å². The first-order valence-electron chi connectivity index (χ1n) is 6.68. The van der Waals surface area contributed by atoms with Gasteiger partial charge in [0.25, 0.3) is 0 Å². The Balaban J connectivity index is 2.22. The normalized spacial score (nSPS) is 10.5. The van der Waals surface area contributed by atoms with E-state index in [0.29, 0.717) is 0 Å². The molecule has 0 spiro atoms. The SMILES string of the molecule is COc1ccccc1-c1ccc(C)n1-c1ccccc1. The highest BCUT2D eigenvalue weighted by atomic mass is 16.5. The van der Waals surface area contributed by atoms with Gasteiger partial charge in [-0.25, -0.2) is 0 Å². The van der Waals surface area contributed by atoms with Crippen LogP contribution < -0.4 is 4.74 Å². The van der Waals surface area contributed by atoms with Crippen molar-refractivity contribution in [2.75, 3.05) is 7.11 Å². The summed E-state index contributed by atoms with van der Waals surface area (Å²) in [4.78, 5) is 0. The molecule has 1 heterocycles. The lowest BCUT2D eigenvalue weighted by atomic mass is 10.1. The summed E-state index contributed by atoms with van der Waals surface area (Å²) in [5, 5.41) is 0. The number of aromatic nitrogens is 1. The molecule has 0 saturated heterocycles. The van der Waals surface area contributed by atoms with Gasteiger partial charge in [0.15, 0.2) is 0 Å². The summed E-state index contributed by atoms with van der Waals surface area (Å²) in [7, 11) is 1.71. The summed E-state index contributed by atoms with van der Waals surface area (Å²) in [5.41, 5.74) is 4.62. The minimum Gasteiger partial charge on any atom is -0.496 e. The van der Waals surface area contributed by atoms with Crippen LogP contribution in [0, 0.1) is 6.92 Å². The molecule has 0 bridgehead atoms. The number of hydrogen-bond acceptors (Lipinski definition) is 1. The highest BCUT2D eigenvalue weighted by molar-refractivity contribution is 5.70. The van der Waals surface area contributed by atoms with Crippen molar-refractivity contribution in [2.45, 2.75) is 6.92 Å². The van der Waals surface area contributed by atoms with E-state index >= 15 is 0 Å². The molecular weight excluding hydrogens is 246 g/mol. The van der Waals surface area contributed by atoms with Crippen molar-refractivity contribution in [1.82, 2.24) is 4.57 Å². The van der Waals surface area contributed by atoms with E-state index in [1.165, 1.54) is 5.69 Å². The molecule has 2 aromatic carbocycles. The van der Waals surface area contributed by atoms with Gasteiger partial charge in [-0.05, 0) is 43.3 Å². The minimum atomic E-state index is 0.891. The van der Waals surface area contributed by atoms with Crippen LogP contribution in [0.3, 0.4) is 0 Å². The summed E-state index contributed by atoms with van der Waals surface area (Å²) < 4.78 is 7.73. The zero-order chi connectivity index (χ0) is 13.9. The van der Waals surface area contributed by atoms with E-state index in [9.17, 15) is 0 Å². The van der Waals surface area contributed by atoms with Crippen LogP contribution in [0.15, 0.2) is 66.7 Å². The Morgan fingerprint density at radius 1 is 0.800 bits per heavy atom. The van der Waals surface area contributed by atoms with Crippen molar-refractivity contribution in [3.8, 4) is 22.7 Å². The second-order valence-electron chi connectivity index (χ2n) is 4.73. The Kier molecular flexibility index (Phi) is 3.30. The van der Waals surface area contributed by atoms with Crippen molar-refractivity contribution >= 4 is 0 Å². The molecule has 2 heteroatoms. The van der Waals surface area contributed by atoms with Gasteiger partial charge in [0.1, 0.15) is 5.75 Å². The predicted octanol–water partition coefficient (Wildman–Crippen LogP) is 4.46. The summed E-state index contributed by atoms with van der Waals surface area (Å²) in [6, 6.07) is 22.8. The van der Waals surface area contributed by atoms with Crippen LogP contribution >= 0.6 is 0 Å². The summed E-state index contributed by atoms with van der Waals surface area (Å²) >= 11 is 0. The molecule has 0 aliphatic carbocycles. The monoisotopic (exact) mass is 263 g/mol. The topological polar surface area (TPSA) is 14.2 Å². The number of para-hydroxylation sites is 2. The van der Waals surface area contributed by atoms with Crippen LogP contribution in [-0.4, -0.2) is 11.7 Å². The van der Waals surface area contributed by atoms with Crippen molar-refractivity contribution in [1.29, 1.82) is 0 Å². The molecule has 0 saturated carbocycles. The fourth-order valence-electron chi connectivity index (χ4n) is 2.52. The average Bonchev–Trinajstić information content (AvgIpc) is 2.89. The first-order valence-corrected chi connectivity index (χ1v) is 6.68. The smallest absolute Gasteiger partial charge is 0.128 e. The number of nitrogens with zero attached hydrogens (tertiary/aromatic N) is 1. The fourth-order valence-corrected chi connectivity index (χ4v) is 2.52. The van der Waals surface area contributed by atoms with Crippen LogP contribution in [-0.2, 0) is 0 Å². The molecule has 100 valence electrons. The second-order valence-corrected chi connectivity index (χ2v) is 4.73. The van der Waals surface area contributed by atoms with Crippen LogP contribution in [0.2, 0.25) is 0 Å². The van der Waals surface area contributed by atoms with Gasteiger partial charge in [-0.2, -0.15) is 0 Å². The average molecular weight is 263 g/mol. The minimum absolute atomic E-state index is 0.891. The lowest BCUT2D eigenvalue weighted by Crippen LogP contribution is -1.99. The molecule has 0 N–H and O–H groups in total. The van der Waals surface area contributed by atoms with E-state index < -0.39 is 0 Å². The van der Waals surface area contributed by atoms with Gasteiger partial charge in [-0.1, -0.05) is 30.3 Å². The van der Waals surface area contributed by atoms with Gasteiger partial charge >= 0.3 is 0 Å². The Bertz CT molecular complexity index is 713. The zero-order valence-electron chi connectivity index (χ0n) is 11.7. The fraction of sp³-hybridized carbons (Fsp3) is 0.111. The summed E-state index contributed by atoms with van der Waals surface area (Å²) in [6.45, 7) is 2.12. The van der Waals surface area contributed by atoms with Crippen LogP contribution in [0.4, 0.5) is 0 Å². The molecule has 0 aliphatic rings. The molecule has 0 amide bonds. The van der Waals surface area contributed by atoms with Gasteiger partial charge in [0.2, 0.25) is 0 Å². The number of rotatable bonds is 3. The second kappa shape index (κ2) is 5.25. The van der Waals surface area contributed by atoms with Crippen LogP contribution in [0.5, 0.6) is 5.75 Å². The standard InChI is InChI=1S/C18H17NO/c1-14-12-13-17(16-10-6-7-11-18(16)20-2)19(14)15-8-4-3-5-9-15/h3-13H,1-2H3. The highest BCUT2D eigenvalue weighted by Gasteiger charge is 2.12. The zero-order valence-corrected chi connectivity index (χ0v) is 11.7. The van der Waals surface area contributed by atoms with Crippen LogP contribution in [0.25, 0.3) is 16.9 Å². The molecule has 0 unspecified atom stereocenters. The van der Waals surface area contributed by atoms with E-state index in [4.69, 9.17) is 4.74 Å². The third-order valence-corrected chi connectivity index (χ3v) is 3.47. The van der Waals surface area contributed by atoms with Gasteiger partial charge in [0.05, 0.1) is 12.8 Å². The van der Waals surface area contributed by atoms with Gasteiger partial charge in [0, 0.05) is 16.9 Å². The lowest BCUT2D eigenvalue weighted by molar-refractivity contribution is 0.416. The van der Waals surface area contributed by atoms with E-state index in [1.807, 2.05) is 24.3 Å². The van der Waals surface area contributed by atoms with Gasteiger partial charge < -0.3 is 9.30 Å². The lowest BCUT2D eigenvalue weighted by Gasteiger charge is -2.14. The van der Waals surface area contributed by atoms with E-state index in [2.05, 4.69) is 54.0 Å². The molecule has 0 fully saturated rings. The molecule has 0 aliphatic heterocycles. The number of benzene rings is 2. The van der Waals surface area contributed by atoms with Crippen molar-refractivity contribution in [3.63, 3.8) is 0 Å². The number of ether oxygens (including phenoxy) is 1. The molecule has 0 radical (unpaired) electrons. The Morgan fingerprint density at radius 2 is 1.50 bits per heavy atom. The molecule has 2 nitrogen and oxygen atoms in total. The first-order chi connectivity index (χ1) is 9.81. The molecule has 3 rings (SSSR count). The molecule has 20 heavy (non-hydrogen) atoms. The Morgan fingerprint density at radius 3 is 2.25 bits per heavy atom. The van der Waals surface area contributed by atoms with Crippen molar-refractivity contribution in [3.05, 3.63) is 72.4 Å². The van der Waals surface area contributed by atoms with Crippen LogP contribution in [0.1, 0.15) is 5.69 Å². The number of hydrogen-bond donors (Lipinski definition) is 0. The Labute approximate surface area is 119 Å².